The number of benzene rings is 3. The van der Waals surface area contributed by atoms with Gasteiger partial charge in [0.05, 0.1) is 15.5 Å². The topological polar surface area (TPSA) is 95.1 Å². The summed E-state index contributed by atoms with van der Waals surface area (Å²) in [4.78, 5) is 15.0. The van der Waals surface area contributed by atoms with Crippen molar-refractivity contribution in [2.45, 2.75) is 16.7 Å². The van der Waals surface area contributed by atoms with Crippen LogP contribution < -0.4 is 4.31 Å². The Labute approximate surface area is 220 Å². The Kier molecular flexibility index (Phi) is 7.84. The number of amides is 1. The van der Waals surface area contributed by atoms with Gasteiger partial charge < -0.3 is 4.90 Å². The molecule has 0 saturated carbocycles. The third-order valence-electron chi connectivity index (χ3n) is 5.96. The SMILES string of the molecule is Cc1ccc(S(=O)(=O)N2CCN(C(=O)CN(c3cccc(Br)c3)S(=O)(=O)c3ccccc3)CC2)cc1. The summed E-state index contributed by atoms with van der Waals surface area (Å²) < 4.78 is 56.1. The Bertz CT molecular complexity index is 1440. The van der Waals surface area contributed by atoms with Crippen LogP contribution in [0.4, 0.5) is 5.69 Å². The predicted octanol–water partition coefficient (Wildman–Crippen LogP) is 3.49. The second kappa shape index (κ2) is 10.7. The van der Waals surface area contributed by atoms with E-state index in [1.165, 1.54) is 21.3 Å². The Hall–Kier alpha value is -2.73. The van der Waals surface area contributed by atoms with Crippen molar-refractivity contribution in [2.75, 3.05) is 37.0 Å². The molecule has 8 nitrogen and oxygen atoms in total. The van der Waals surface area contributed by atoms with Gasteiger partial charge in [0.2, 0.25) is 15.9 Å². The lowest BCUT2D eigenvalue weighted by molar-refractivity contribution is -0.130. The maximum absolute atomic E-state index is 13.5. The number of hydrogen-bond donors (Lipinski definition) is 0. The number of piperazine rings is 1. The molecule has 3 aromatic rings. The highest BCUT2D eigenvalue weighted by Crippen LogP contribution is 2.27. The highest BCUT2D eigenvalue weighted by Gasteiger charge is 2.33. The molecule has 1 amide bonds. The first kappa shape index (κ1) is 26.3. The molecular formula is C25H26BrN3O5S2. The van der Waals surface area contributed by atoms with Gasteiger partial charge in [0.15, 0.2) is 0 Å². The van der Waals surface area contributed by atoms with Crippen LogP contribution in [0.5, 0.6) is 0 Å². The van der Waals surface area contributed by atoms with E-state index < -0.39 is 32.5 Å². The summed E-state index contributed by atoms with van der Waals surface area (Å²) >= 11 is 3.37. The zero-order chi connectivity index (χ0) is 25.9. The molecule has 0 unspecified atom stereocenters. The maximum atomic E-state index is 13.5. The third-order valence-corrected chi connectivity index (χ3v) is 10.2. The minimum atomic E-state index is -4.02. The quantitative estimate of drug-likeness (QED) is 0.419. The molecule has 3 aromatic carbocycles. The number of halogens is 1. The van der Waals surface area contributed by atoms with Gasteiger partial charge in [0, 0.05) is 30.7 Å². The van der Waals surface area contributed by atoms with E-state index in [0.717, 1.165) is 9.87 Å². The first-order valence-corrected chi connectivity index (χ1v) is 14.9. The lowest BCUT2D eigenvalue weighted by Gasteiger charge is -2.35. The first-order chi connectivity index (χ1) is 17.1. The summed E-state index contributed by atoms with van der Waals surface area (Å²) in [5.41, 5.74) is 1.31. The van der Waals surface area contributed by atoms with Gasteiger partial charge in [0.1, 0.15) is 6.54 Å². The van der Waals surface area contributed by atoms with Crippen LogP contribution >= 0.6 is 15.9 Å². The summed E-state index contributed by atoms with van der Waals surface area (Å²) in [6.07, 6.45) is 0. The molecular weight excluding hydrogens is 566 g/mol. The number of carbonyl (C=O) groups is 1. The average molecular weight is 593 g/mol. The predicted molar refractivity (Wildman–Crippen MR) is 142 cm³/mol. The van der Waals surface area contributed by atoms with Crippen molar-refractivity contribution in [2.24, 2.45) is 0 Å². The number of aryl methyl sites for hydroxylation is 1. The van der Waals surface area contributed by atoms with Gasteiger partial charge in [-0.25, -0.2) is 16.8 Å². The molecule has 1 heterocycles. The van der Waals surface area contributed by atoms with E-state index in [1.54, 1.807) is 66.7 Å². The zero-order valence-electron chi connectivity index (χ0n) is 19.6. The molecule has 0 aromatic heterocycles. The van der Waals surface area contributed by atoms with Crippen LogP contribution in [0.1, 0.15) is 5.56 Å². The fourth-order valence-electron chi connectivity index (χ4n) is 3.93. The highest BCUT2D eigenvalue weighted by atomic mass is 79.9. The van der Waals surface area contributed by atoms with Crippen LogP contribution in [0.2, 0.25) is 0 Å². The van der Waals surface area contributed by atoms with E-state index in [9.17, 15) is 21.6 Å². The van der Waals surface area contributed by atoms with Crippen LogP contribution in [0.15, 0.2) is 93.1 Å². The van der Waals surface area contributed by atoms with Crippen molar-refractivity contribution < 1.29 is 21.6 Å². The molecule has 0 radical (unpaired) electrons. The number of hydrogen-bond acceptors (Lipinski definition) is 5. The van der Waals surface area contributed by atoms with Gasteiger partial charge in [-0.15, -0.1) is 0 Å². The number of nitrogens with zero attached hydrogens (tertiary/aromatic N) is 3. The number of rotatable bonds is 7. The molecule has 1 aliphatic rings. The standard InChI is InChI=1S/C25H26BrN3O5S2/c1-20-10-12-24(13-11-20)35(31,32)28-16-14-27(15-17-28)25(30)19-29(22-7-5-6-21(26)18-22)36(33,34)23-8-3-2-4-9-23/h2-13,18H,14-17,19H2,1H3. The summed E-state index contributed by atoms with van der Waals surface area (Å²) in [7, 11) is -7.69. The number of sulfonamides is 2. The molecule has 0 spiro atoms. The van der Waals surface area contributed by atoms with Crippen molar-refractivity contribution in [3.63, 3.8) is 0 Å². The van der Waals surface area contributed by atoms with Crippen molar-refractivity contribution >= 4 is 47.6 Å². The van der Waals surface area contributed by atoms with Gasteiger partial charge in [-0.05, 0) is 49.4 Å². The summed E-state index contributed by atoms with van der Waals surface area (Å²) in [5.74, 6) is -0.401. The van der Waals surface area contributed by atoms with Crippen molar-refractivity contribution in [3.05, 3.63) is 88.9 Å². The van der Waals surface area contributed by atoms with E-state index in [1.807, 2.05) is 6.92 Å². The Balaban J connectivity index is 1.51. The smallest absolute Gasteiger partial charge is 0.264 e. The van der Waals surface area contributed by atoms with E-state index in [4.69, 9.17) is 0 Å². The van der Waals surface area contributed by atoms with Gasteiger partial charge >= 0.3 is 0 Å². The fourth-order valence-corrected chi connectivity index (χ4v) is 7.16. The molecule has 1 saturated heterocycles. The minimum absolute atomic E-state index is 0.0757. The van der Waals surface area contributed by atoms with E-state index in [0.29, 0.717) is 10.2 Å². The fraction of sp³-hybridized carbons (Fsp3) is 0.240. The molecule has 0 aliphatic carbocycles. The molecule has 1 fully saturated rings. The number of anilines is 1. The van der Waals surface area contributed by atoms with E-state index in [2.05, 4.69) is 15.9 Å². The van der Waals surface area contributed by atoms with Gasteiger partial charge in [-0.3, -0.25) is 9.10 Å². The van der Waals surface area contributed by atoms with Crippen LogP contribution in [0.25, 0.3) is 0 Å². The normalized spacial score (nSPS) is 15.0. The van der Waals surface area contributed by atoms with Crippen LogP contribution in [-0.2, 0) is 24.8 Å². The van der Waals surface area contributed by atoms with Crippen LogP contribution in [0.3, 0.4) is 0 Å². The molecule has 0 N–H and O–H groups in total. The molecule has 0 atom stereocenters. The molecule has 11 heteroatoms. The molecule has 190 valence electrons. The summed E-state index contributed by atoms with van der Waals surface area (Å²) in [5, 5.41) is 0. The largest absolute Gasteiger partial charge is 0.338 e. The monoisotopic (exact) mass is 591 g/mol. The molecule has 0 bridgehead atoms. The van der Waals surface area contributed by atoms with Crippen LogP contribution in [-0.4, -0.2) is 64.7 Å². The van der Waals surface area contributed by atoms with Gasteiger partial charge in [-0.1, -0.05) is 57.9 Å². The van der Waals surface area contributed by atoms with Crippen molar-refractivity contribution in [1.29, 1.82) is 0 Å². The molecule has 4 rings (SSSR count). The third kappa shape index (κ3) is 5.64. The average Bonchev–Trinajstić information content (AvgIpc) is 2.88. The molecule has 36 heavy (non-hydrogen) atoms. The Morgan fingerprint density at radius 3 is 2.08 bits per heavy atom. The minimum Gasteiger partial charge on any atom is -0.338 e. The van der Waals surface area contributed by atoms with E-state index in [-0.39, 0.29) is 36.0 Å². The van der Waals surface area contributed by atoms with Crippen molar-refractivity contribution in [1.82, 2.24) is 9.21 Å². The second-order valence-electron chi connectivity index (χ2n) is 8.40. The molecule has 1 aliphatic heterocycles. The lowest BCUT2D eigenvalue weighted by atomic mass is 10.2. The van der Waals surface area contributed by atoms with Gasteiger partial charge in [-0.2, -0.15) is 4.31 Å². The first-order valence-electron chi connectivity index (χ1n) is 11.3. The Morgan fingerprint density at radius 2 is 1.47 bits per heavy atom. The Morgan fingerprint density at radius 1 is 0.833 bits per heavy atom. The number of carbonyl (C=O) groups excluding carboxylic acids is 1. The van der Waals surface area contributed by atoms with E-state index >= 15 is 0 Å². The van der Waals surface area contributed by atoms with Crippen molar-refractivity contribution in [3.8, 4) is 0 Å². The summed E-state index contributed by atoms with van der Waals surface area (Å²) in [6.45, 7) is 2.08. The maximum Gasteiger partial charge on any atom is 0.264 e. The van der Waals surface area contributed by atoms with Gasteiger partial charge in [0.25, 0.3) is 10.0 Å². The zero-order valence-corrected chi connectivity index (χ0v) is 22.8. The lowest BCUT2D eigenvalue weighted by Crippen LogP contribution is -2.53. The second-order valence-corrected chi connectivity index (χ2v) is 13.1. The highest BCUT2D eigenvalue weighted by molar-refractivity contribution is 9.10. The van der Waals surface area contributed by atoms with Crippen LogP contribution in [0, 0.1) is 6.92 Å². The summed E-state index contributed by atoms with van der Waals surface area (Å²) in [6, 6.07) is 21.3.